The van der Waals surface area contributed by atoms with Crippen LogP contribution in [0.2, 0.25) is 0 Å². The number of amides is 1. The van der Waals surface area contributed by atoms with E-state index >= 15 is 0 Å². The van der Waals surface area contributed by atoms with Crippen LogP contribution in [0.4, 0.5) is 11.4 Å². The van der Waals surface area contributed by atoms with Crippen LogP contribution in [0.5, 0.6) is 0 Å². The highest BCUT2D eigenvalue weighted by Gasteiger charge is 2.30. The molecule has 0 saturated carbocycles. The Kier molecular flexibility index (Phi) is 3.40. The van der Waals surface area contributed by atoms with Gasteiger partial charge >= 0.3 is 0 Å². The molecular weight excluding hydrogens is 282 g/mol. The zero-order valence-electron chi connectivity index (χ0n) is 9.96. The second kappa shape index (κ2) is 4.66. The molecule has 3 N–H and O–H groups in total. The predicted octanol–water partition coefficient (Wildman–Crippen LogP) is 1.86. The Hall–Kier alpha value is -1.07. The average molecular weight is 298 g/mol. The molecule has 0 bridgehead atoms. The molecule has 17 heavy (non-hydrogen) atoms. The van der Waals surface area contributed by atoms with E-state index in [0.29, 0.717) is 13.0 Å². The maximum atomic E-state index is 12.0. The van der Waals surface area contributed by atoms with Crippen LogP contribution in [0.25, 0.3) is 0 Å². The van der Waals surface area contributed by atoms with Crippen LogP contribution in [-0.4, -0.2) is 25.5 Å². The number of likely N-dealkylation sites (N-methyl/N-ethyl adjacent to an activating group) is 1. The molecule has 1 unspecified atom stereocenters. The Labute approximate surface area is 109 Å². The third kappa shape index (κ3) is 2.17. The number of hydrogen-bond donors (Lipinski definition) is 2. The molecule has 0 aromatic heterocycles. The third-order valence-corrected chi connectivity index (χ3v) is 3.58. The first-order valence-electron chi connectivity index (χ1n) is 5.58. The van der Waals surface area contributed by atoms with Gasteiger partial charge in [-0.2, -0.15) is 0 Å². The van der Waals surface area contributed by atoms with Crippen molar-refractivity contribution >= 4 is 33.2 Å². The number of rotatable bonds is 2. The van der Waals surface area contributed by atoms with E-state index in [4.69, 9.17) is 5.73 Å². The lowest BCUT2D eigenvalue weighted by Gasteiger charge is -2.36. The molecule has 2 rings (SSSR count). The van der Waals surface area contributed by atoms with Crippen LogP contribution in [0.1, 0.15) is 12.0 Å². The number of nitrogens with two attached hydrogens (primary N) is 1. The monoisotopic (exact) mass is 297 g/mol. The second-order valence-corrected chi connectivity index (χ2v) is 5.23. The molecule has 0 saturated heterocycles. The number of hydrogen-bond acceptors (Lipinski definition) is 3. The molecule has 4 nitrogen and oxygen atoms in total. The Morgan fingerprint density at radius 3 is 2.88 bits per heavy atom. The van der Waals surface area contributed by atoms with Crippen LogP contribution in [-0.2, 0) is 4.79 Å². The molecule has 0 radical (unpaired) electrons. The zero-order chi connectivity index (χ0) is 12.6. The number of anilines is 2. The number of fused-ring (bicyclic) bond motifs is 1. The van der Waals surface area contributed by atoms with Gasteiger partial charge in [-0.1, -0.05) is 15.9 Å². The summed E-state index contributed by atoms with van der Waals surface area (Å²) in [5.41, 5.74) is 8.54. The molecule has 0 fully saturated rings. The minimum Gasteiger partial charge on any atom is -0.361 e. The molecule has 1 aromatic carbocycles. The van der Waals surface area contributed by atoms with Crippen molar-refractivity contribution in [1.29, 1.82) is 0 Å². The van der Waals surface area contributed by atoms with Crippen molar-refractivity contribution in [3.63, 3.8) is 0 Å². The van der Waals surface area contributed by atoms with Gasteiger partial charge in [-0.15, -0.1) is 0 Å². The first-order chi connectivity index (χ1) is 8.04. The van der Waals surface area contributed by atoms with E-state index in [9.17, 15) is 4.79 Å². The van der Waals surface area contributed by atoms with Crippen molar-refractivity contribution in [3.05, 3.63) is 22.2 Å². The summed E-state index contributed by atoms with van der Waals surface area (Å²) in [6.07, 6.45) is 0.660. The van der Waals surface area contributed by atoms with E-state index in [0.717, 1.165) is 21.4 Å². The lowest BCUT2D eigenvalue weighted by Crippen LogP contribution is -2.47. The highest BCUT2D eigenvalue weighted by atomic mass is 79.9. The smallest absolute Gasteiger partial charge is 0.247 e. The molecule has 92 valence electrons. The molecule has 0 spiro atoms. The van der Waals surface area contributed by atoms with E-state index in [1.807, 2.05) is 31.0 Å². The van der Waals surface area contributed by atoms with Crippen molar-refractivity contribution in [3.8, 4) is 0 Å². The SMILES string of the molecule is Cc1cc(Br)cc2c1NC(=O)C(CCN)N2C. The van der Waals surface area contributed by atoms with Crippen LogP contribution < -0.4 is 16.0 Å². The summed E-state index contributed by atoms with van der Waals surface area (Å²) in [5.74, 6) is 0.0240. The van der Waals surface area contributed by atoms with E-state index in [2.05, 4.69) is 21.2 Å². The molecule has 1 aliphatic heterocycles. The van der Waals surface area contributed by atoms with Gasteiger partial charge in [-0.05, 0) is 37.6 Å². The molecule has 1 aromatic rings. The molecule has 5 heteroatoms. The minimum absolute atomic E-state index is 0.0240. The number of benzene rings is 1. The summed E-state index contributed by atoms with van der Waals surface area (Å²) in [6, 6.07) is 3.84. The predicted molar refractivity (Wildman–Crippen MR) is 73.4 cm³/mol. The summed E-state index contributed by atoms with van der Waals surface area (Å²) in [7, 11) is 1.93. The van der Waals surface area contributed by atoms with Crippen molar-refractivity contribution in [2.45, 2.75) is 19.4 Å². The molecule has 1 aliphatic rings. The van der Waals surface area contributed by atoms with Crippen molar-refractivity contribution in [2.75, 3.05) is 23.8 Å². The largest absolute Gasteiger partial charge is 0.361 e. The highest BCUT2D eigenvalue weighted by Crippen LogP contribution is 2.36. The number of carbonyl (C=O) groups excluding carboxylic acids is 1. The minimum atomic E-state index is -0.179. The quantitative estimate of drug-likeness (QED) is 0.876. The summed E-state index contributed by atoms with van der Waals surface area (Å²) in [4.78, 5) is 14.0. The van der Waals surface area contributed by atoms with Crippen LogP contribution in [0.3, 0.4) is 0 Å². The molecule has 1 heterocycles. The first-order valence-corrected chi connectivity index (χ1v) is 6.37. The maximum absolute atomic E-state index is 12.0. The zero-order valence-corrected chi connectivity index (χ0v) is 11.5. The summed E-state index contributed by atoms with van der Waals surface area (Å²) in [5, 5.41) is 2.96. The lowest BCUT2D eigenvalue weighted by atomic mass is 10.0. The van der Waals surface area contributed by atoms with Crippen LogP contribution in [0.15, 0.2) is 16.6 Å². The molecular formula is C12H16BrN3O. The van der Waals surface area contributed by atoms with Crippen molar-refractivity contribution in [2.24, 2.45) is 5.73 Å². The second-order valence-electron chi connectivity index (χ2n) is 4.31. The fourth-order valence-corrected chi connectivity index (χ4v) is 2.76. The average Bonchev–Trinajstić information content (AvgIpc) is 2.26. The highest BCUT2D eigenvalue weighted by molar-refractivity contribution is 9.10. The summed E-state index contributed by atoms with van der Waals surface area (Å²) >= 11 is 3.48. The van der Waals surface area contributed by atoms with Gasteiger partial charge in [-0.25, -0.2) is 0 Å². The van der Waals surface area contributed by atoms with Gasteiger partial charge in [0.15, 0.2) is 0 Å². The van der Waals surface area contributed by atoms with E-state index < -0.39 is 0 Å². The first kappa shape index (κ1) is 12.4. The van der Waals surface area contributed by atoms with E-state index in [1.54, 1.807) is 0 Å². The molecule has 1 atom stereocenters. The number of aryl methyl sites for hydroxylation is 1. The lowest BCUT2D eigenvalue weighted by molar-refractivity contribution is -0.117. The van der Waals surface area contributed by atoms with Gasteiger partial charge in [0.2, 0.25) is 5.91 Å². The maximum Gasteiger partial charge on any atom is 0.247 e. The topological polar surface area (TPSA) is 58.4 Å². The van der Waals surface area contributed by atoms with Gasteiger partial charge in [0.1, 0.15) is 6.04 Å². The Morgan fingerprint density at radius 2 is 2.24 bits per heavy atom. The molecule has 0 aliphatic carbocycles. The Balaban J connectivity index is 2.46. The van der Waals surface area contributed by atoms with Crippen molar-refractivity contribution < 1.29 is 4.79 Å². The van der Waals surface area contributed by atoms with Crippen LogP contribution >= 0.6 is 15.9 Å². The van der Waals surface area contributed by atoms with Gasteiger partial charge < -0.3 is 16.0 Å². The third-order valence-electron chi connectivity index (χ3n) is 3.12. The van der Waals surface area contributed by atoms with Crippen molar-refractivity contribution in [1.82, 2.24) is 0 Å². The fourth-order valence-electron chi connectivity index (χ4n) is 2.20. The summed E-state index contributed by atoms with van der Waals surface area (Å²) in [6.45, 7) is 2.49. The standard InChI is InChI=1S/C12H16BrN3O/c1-7-5-8(13)6-10-11(7)15-12(17)9(3-4-14)16(10)2/h5-6,9H,3-4,14H2,1-2H3,(H,15,17). The summed E-state index contributed by atoms with van der Waals surface area (Å²) < 4.78 is 1.02. The number of halogens is 1. The normalized spacial score (nSPS) is 18.9. The van der Waals surface area contributed by atoms with Crippen LogP contribution in [0, 0.1) is 6.92 Å². The fraction of sp³-hybridized carbons (Fsp3) is 0.417. The Bertz CT molecular complexity index is 461. The van der Waals surface area contributed by atoms with Gasteiger partial charge in [0.05, 0.1) is 11.4 Å². The van der Waals surface area contributed by atoms with Gasteiger partial charge in [-0.3, -0.25) is 4.79 Å². The van der Waals surface area contributed by atoms with Gasteiger partial charge in [0.25, 0.3) is 0 Å². The Morgan fingerprint density at radius 1 is 1.53 bits per heavy atom. The number of nitrogens with zero attached hydrogens (tertiary/aromatic N) is 1. The number of carbonyl (C=O) groups is 1. The van der Waals surface area contributed by atoms with E-state index in [1.165, 1.54) is 0 Å². The van der Waals surface area contributed by atoms with Gasteiger partial charge in [0, 0.05) is 11.5 Å². The molecule has 1 amide bonds. The van der Waals surface area contributed by atoms with E-state index in [-0.39, 0.29) is 11.9 Å². The number of nitrogens with one attached hydrogen (secondary N) is 1.